The number of amides is 1. The minimum atomic E-state index is 0.143. The van der Waals surface area contributed by atoms with Crippen LogP contribution >= 0.6 is 11.3 Å². The summed E-state index contributed by atoms with van der Waals surface area (Å²) in [6.07, 6.45) is 2.18. The Kier molecular flexibility index (Phi) is 4.64. The van der Waals surface area contributed by atoms with E-state index in [0.717, 1.165) is 40.0 Å². The van der Waals surface area contributed by atoms with Gasteiger partial charge in [-0.1, -0.05) is 12.1 Å². The number of pyridine rings is 1. The normalized spacial score (nSPS) is 13.8. The van der Waals surface area contributed by atoms with Crippen molar-refractivity contribution in [2.24, 2.45) is 0 Å². The molecule has 0 bridgehead atoms. The smallest absolute Gasteiger partial charge is 0.264 e. The molecule has 0 radical (unpaired) electrons. The summed E-state index contributed by atoms with van der Waals surface area (Å²) in [5.41, 5.74) is 3.31. The number of carbonyl (C=O) groups is 1. The summed E-state index contributed by atoms with van der Waals surface area (Å²) in [5, 5.41) is 1.12. The molecule has 1 aromatic carbocycles. The van der Waals surface area contributed by atoms with Crippen LogP contribution in [0.2, 0.25) is 0 Å². The predicted octanol–water partition coefficient (Wildman–Crippen LogP) is 4.78. The molecular weight excluding hydrogens is 354 g/mol. The van der Waals surface area contributed by atoms with Crippen molar-refractivity contribution in [3.63, 3.8) is 0 Å². The van der Waals surface area contributed by atoms with Gasteiger partial charge in [0.1, 0.15) is 5.82 Å². The molecule has 0 aliphatic heterocycles. The van der Waals surface area contributed by atoms with Gasteiger partial charge in [0.05, 0.1) is 10.4 Å². The number of hydrogen-bond donors (Lipinski definition) is 0. The summed E-state index contributed by atoms with van der Waals surface area (Å²) >= 11 is 1.58. The highest BCUT2D eigenvalue weighted by atomic mass is 32.1. The van der Waals surface area contributed by atoms with Crippen LogP contribution in [0, 0.1) is 13.8 Å². The van der Waals surface area contributed by atoms with E-state index in [9.17, 15) is 4.79 Å². The molecule has 4 rings (SSSR count). The van der Waals surface area contributed by atoms with E-state index in [1.165, 1.54) is 10.4 Å². The third-order valence-electron chi connectivity index (χ3n) is 4.99. The fourth-order valence-corrected chi connectivity index (χ4v) is 4.27. The second kappa shape index (κ2) is 6.97. The molecule has 27 heavy (non-hydrogen) atoms. The van der Waals surface area contributed by atoms with Crippen LogP contribution in [-0.2, 0) is 6.54 Å². The summed E-state index contributed by atoms with van der Waals surface area (Å²) in [4.78, 5) is 24.1. The van der Waals surface area contributed by atoms with Crippen molar-refractivity contribution in [3.8, 4) is 0 Å². The number of anilines is 1. The third-order valence-corrected chi connectivity index (χ3v) is 5.98. The molecule has 1 aliphatic rings. The maximum absolute atomic E-state index is 13.1. The largest absolute Gasteiger partial charge is 0.362 e. The maximum Gasteiger partial charge on any atom is 0.264 e. The molecule has 140 valence electrons. The van der Waals surface area contributed by atoms with Gasteiger partial charge in [0, 0.05) is 42.5 Å². The fourth-order valence-electron chi connectivity index (χ4n) is 3.44. The van der Waals surface area contributed by atoms with Crippen LogP contribution in [0.4, 0.5) is 5.82 Å². The van der Waals surface area contributed by atoms with E-state index in [0.29, 0.717) is 12.6 Å². The van der Waals surface area contributed by atoms with Gasteiger partial charge in [-0.2, -0.15) is 0 Å². The van der Waals surface area contributed by atoms with Gasteiger partial charge in [0.25, 0.3) is 5.91 Å². The number of aryl methyl sites for hydroxylation is 2. The molecule has 5 heteroatoms. The standard InChI is InChI=1S/C22H25N3OS/c1-14-5-7-16-12-17(21(24(3)4)23-19(16)11-14)13-25(18-8-9-18)22(26)20-10-6-15(2)27-20/h5-7,10-12,18H,8-9,13H2,1-4H3. The van der Waals surface area contributed by atoms with Crippen LogP contribution in [0.15, 0.2) is 36.4 Å². The lowest BCUT2D eigenvalue weighted by Crippen LogP contribution is -2.32. The summed E-state index contributed by atoms with van der Waals surface area (Å²) in [6.45, 7) is 4.73. The Morgan fingerprint density at radius 3 is 2.56 bits per heavy atom. The SMILES string of the molecule is Cc1ccc2cc(CN(C(=O)c3ccc(C)s3)C3CC3)c(N(C)C)nc2c1. The summed E-state index contributed by atoms with van der Waals surface area (Å²) in [7, 11) is 4.03. The van der Waals surface area contributed by atoms with E-state index < -0.39 is 0 Å². The summed E-state index contributed by atoms with van der Waals surface area (Å²) in [5.74, 6) is 1.08. The van der Waals surface area contributed by atoms with Crippen molar-refractivity contribution < 1.29 is 4.79 Å². The monoisotopic (exact) mass is 379 g/mol. The first-order chi connectivity index (χ1) is 12.9. The molecule has 1 fully saturated rings. The molecule has 4 nitrogen and oxygen atoms in total. The lowest BCUT2D eigenvalue weighted by Gasteiger charge is -2.25. The lowest BCUT2D eigenvalue weighted by atomic mass is 10.1. The average molecular weight is 380 g/mol. The van der Waals surface area contributed by atoms with E-state index in [4.69, 9.17) is 4.98 Å². The topological polar surface area (TPSA) is 36.4 Å². The number of carbonyl (C=O) groups excluding carboxylic acids is 1. The number of benzene rings is 1. The summed E-state index contributed by atoms with van der Waals surface area (Å²) < 4.78 is 0. The number of thiophene rings is 1. The first kappa shape index (κ1) is 18.0. The van der Waals surface area contributed by atoms with Gasteiger partial charge in [-0.05, 0) is 56.5 Å². The van der Waals surface area contributed by atoms with Crippen LogP contribution in [-0.4, -0.2) is 35.9 Å². The first-order valence-corrected chi connectivity index (χ1v) is 10.2. The van der Waals surface area contributed by atoms with Crippen LogP contribution < -0.4 is 4.90 Å². The van der Waals surface area contributed by atoms with Crippen molar-refractivity contribution in [3.05, 3.63) is 57.3 Å². The van der Waals surface area contributed by atoms with E-state index >= 15 is 0 Å². The van der Waals surface area contributed by atoms with Crippen LogP contribution in [0.1, 0.15) is 38.5 Å². The highest BCUT2D eigenvalue weighted by Gasteiger charge is 2.34. The fraction of sp³-hybridized carbons (Fsp3) is 0.364. The van der Waals surface area contributed by atoms with Crippen molar-refractivity contribution in [1.29, 1.82) is 0 Å². The number of nitrogens with zero attached hydrogens (tertiary/aromatic N) is 3. The Labute approximate surface area is 164 Å². The quantitative estimate of drug-likeness (QED) is 0.640. The molecule has 0 atom stereocenters. The maximum atomic E-state index is 13.1. The van der Waals surface area contributed by atoms with Crippen LogP contribution in [0.25, 0.3) is 10.9 Å². The van der Waals surface area contributed by atoms with Gasteiger partial charge >= 0.3 is 0 Å². The molecule has 2 heterocycles. The Balaban J connectivity index is 1.72. The van der Waals surface area contributed by atoms with Gasteiger partial charge in [-0.25, -0.2) is 4.98 Å². The average Bonchev–Trinajstić information content (AvgIpc) is 3.38. The van der Waals surface area contributed by atoms with Crippen LogP contribution in [0.3, 0.4) is 0 Å². The Morgan fingerprint density at radius 1 is 1.15 bits per heavy atom. The molecular formula is C22H25N3OS. The molecule has 2 aromatic heterocycles. The lowest BCUT2D eigenvalue weighted by molar-refractivity contribution is 0.0735. The van der Waals surface area contributed by atoms with E-state index in [1.54, 1.807) is 11.3 Å². The third kappa shape index (κ3) is 3.69. The predicted molar refractivity (Wildman–Crippen MR) is 113 cm³/mol. The number of hydrogen-bond acceptors (Lipinski definition) is 4. The zero-order valence-electron chi connectivity index (χ0n) is 16.3. The minimum Gasteiger partial charge on any atom is -0.362 e. The second-order valence-corrected chi connectivity index (χ2v) is 8.92. The van der Waals surface area contributed by atoms with Gasteiger partial charge in [-0.3, -0.25) is 4.79 Å². The number of fused-ring (bicyclic) bond motifs is 1. The second-order valence-electron chi connectivity index (χ2n) is 7.64. The van der Waals surface area contributed by atoms with Crippen molar-refractivity contribution in [2.75, 3.05) is 19.0 Å². The number of rotatable bonds is 5. The Bertz CT molecular complexity index is 1000. The van der Waals surface area contributed by atoms with Gasteiger partial charge in [-0.15, -0.1) is 11.3 Å². The van der Waals surface area contributed by atoms with Gasteiger partial charge < -0.3 is 9.80 Å². The Hall–Kier alpha value is -2.40. The Morgan fingerprint density at radius 2 is 1.93 bits per heavy atom. The molecule has 0 spiro atoms. The van der Waals surface area contributed by atoms with Crippen molar-refractivity contribution >= 4 is 34.0 Å². The number of aromatic nitrogens is 1. The molecule has 3 aromatic rings. The summed E-state index contributed by atoms with van der Waals surface area (Å²) in [6, 6.07) is 12.9. The molecule has 0 N–H and O–H groups in total. The van der Waals surface area contributed by atoms with E-state index in [2.05, 4.69) is 31.2 Å². The van der Waals surface area contributed by atoms with Gasteiger partial charge in [0.2, 0.25) is 0 Å². The molecule has 0 saturated heterocycles. The highest BCUT2D eigenvalue weighted by molar-refractivity contribution is 7.13. The molecule has 1 saturated carbocycles. The molecule has 1 amide bonds. The van der Waals surface area contributed by atoms with E-state index in [-0.39, 0.29) is 5.91 Å². The molecule has 1 aliphatic carbocycles. The van der Waals surface area contributed by atoms with Crippen molar-refractivity contribution in [1.82, 2.24) is 9.88 Å². The highest BCUT2D eigenvalue weighted by Crippen LogP contribution is 2.33. The van der Waals surface area contributed by atoms with Crippen LogP contribution in [0.5, 0.6) is 0 Å². The van der Waals surface area contributed by atoms with E-state index in [1.807, 2.05) is 43.0 Å². The van der Waals surface area contributed by atoms with Gasteiger partial charge in [0.15, 0.2) is 0 Å². The molecule has 0 unspecified atom stereocenters. The zero-order chi connectivity index (χ0) is 19.1. The van der Waals surface area contributed by atoms with Crippen molar-refractivity contribution in [2.45, 2.75) is 39.3 Å². The zero-order valence-corrected chi connectivity index (χ0v) is 17.1. The minimum absolute atomic E-state index is 0.143. The first-order valence-electron chi connectivity index (χ1n) is 9.37.